The van der Waals surface area contributed by atoms with E-state index in [2.05, 4.69) is 4.57 Å². The smallest absolute Gasteiger partial charge is 0.211 e. The van der Waals surface area contributed by atoms with Crippen molar-refractivity contribution >= 4 is 39.9 Å². The zero-order valence-electron chi connectivity index (χ0n) is 19.8. The second kappa shape index (κ2) is 10.5. The first kappa shape index (κ1) is 24.0. The number of fused-ring (bicyclic) bond motifs is 1. The molecule has 3 aromatic carbocycles. The van der Waals surface area contributed by atoms with Crippen LogP contribution in [0.15, 0.2) is 65.7 Å². The monoisotopic (exact) mass is 509 g/mol. The summed E-state index contributed by atoms with van der Waals surface area (Å²) in [5.41, 5.74) is 5.49. The van der Waals surface area contributed by atoms with E-state index in [9.17, 15) is 5.11 Å². The van der Waals surface area contributed by atoms with Gasteiger partial charge in [-0.15, -0.1) is 0 Å². The molecule has 5 nitrogen and oxygen atoms in total. The molecular formula is C28H29Cl2N3O2. The Morgan fingerprint density at radius 1 is 0.914 bits per heavy atom. The Labute approximate surface area is 215 Å². The van der Waals surface area contributed by atoms with Gasteiger partial charge in [0, 0.05) is 7.05 Å². The molecule has 35 heavy (non-hydrogen) atoms. The van der Waals surface area contributed by atoms with Crippen LogP contribution in [0, 0.1) is 5.92 Å². The topological polar surface area (TPSA) is 51.7 Å². The van der Waals surface area contributed by atoms with Gasteiger partial charge >= 0.3 is 0 Å². The van der Waals surface area contributed by atoms with Crippen molar-refractivity contribution in [3.63, 3.8) is 0 Å². The normalized spacial score (nSPS) is 14.8. The highest BCUT2D eigenvalue weighted by molar-refractivity contribution is 6.42. The summed E-state index contributed by atoms with van der Waals surface area (Å²) in [5.74, 6) is 1.56. The van der Waals surface area contributed by atoms with Crippen LogP contribution in [0.25, 0.3) is 11.0 Å². The average Bonchev–Trinajstić information content (AvgIpc) is 3.48. The summed E-state index contributed by atoms with van der Waals surface area (Å²) in [7, 11) is 1.98. The van der Waals surface area contributed by atoms with Crippen molar-refractivity contribution in [2.45, 2.75) is 38.8 Å². The molecule has 0 amide bonds. The lowest BCUT2D eigenvalue weighted by atomic mass is 10.1. The maximum atomic E-state index is 9.38. The number of nitrogens with zero attached hydrogens (tertiary/aromatic N) is 3. The van der Waals surface area contributed by atoms with Gasteiger partial charge < -0.3 is 19.0 Å². The summed E-state index contributed by atoms with van der Waals surface area (Å²) in [6.45, 7) is 1.41. The standard InChI is InChI=1S/C28H29Cl2N3O2/c1-32-26-14-24(29)25(30)15-27(26)33(16-19-6-8-20(17-34)9-7-19)28(32)31-22-10-12-23(13-11-22)35-18-21-4-2-3-5-21/h6-15,21,34H,2-5,16-18H2,1H3/b31-28-. The second-order valence-corrected chi connectivity index (χ2v) is 10.1. The van der Waals surface area contributed by atoms with E-state index < -0.39 is 0 Å². The van der Waals surface area contributed by atoms with Gasteiger partial charge in [-0.25, -0.2) is 4.99 Å². The number of aliphatic hydroxyl groups is 1. The van der Waals surface area contributed by atoms with E-state index in [4.69, 9.17) is 32.9 Å². The maximum absolute atomic E-state index is 9.38. The van der Waals surface area contributed by atoms with Crippen LogP contribution in [0.2, 0.25) is 10.0 Å². The molecule has 0 unspecified atom stereocenters. The van der Waals surface area contributed by atoms with E-state index >= 15 is 0 Å². The van der Waals surface area contributed by atoms with Crippen molar-refractivity contribution in [3.05, 3.63) is 87.5 Å². The summed E-state index contributed by atoms with van der Waals surface area (Å²) in [5, 5.41) is 10.4. The number of aromatic nitrogens is 2. The zero-order chi connectivity index (χ0) is 24.4. The van der Waals surface area contributed by atoms with Gasteiger partial charge in [-0.3, -0.25) is 0 Å². The molecule has 1 heterocycles. The number of benzene rings is 3. The maximum Gasteiger partial charge on any atom is 0.211 e. The molecule has 0 radical (unpaired) electrons. The fourth-order valence-electron chi connectivity index (χ4n) is 4.75. The van der Waals surface area contributed by atoms with Crippen LogP contribution in [-0.4, -0.2) is 20.8 Å². The molecule has 1 N–H and O–H groups in total. The Hall–Kier alpha value is -2.73. The largest absolute Gasteiger partial charge is 0.493 e. The van der Waals surface area contributed by atoms with Crippen molar-refractivity contribution < 1.29 is 9.84 Å². The summed E-state index contributed by atoms with van der Waals surface area (Å²) in [6, 6.07) is 19.6. The van der Waals surface area contributed by atoms with Crippen LogP contribution in [0.1, 0.15) is 36.8 Å². The Bertz CT molecular complexity index is 1380. The highest BCUT2D eigenvalue weighted by Gasteiger charge is 2.16. The minimum absolute atomic E-state index is 0.0246. The molecule has 0 aliphatic heterocycles. The first-order chi connectivity index (χ1) is 17.0. The lowest BCUT2D eigenvalue weighted by Crippen LogP contribution is -2.24. The number of hydrogen-bond donors (Lipinski definition) is 1. The van der Waals surface area contributed by atoms with Crippen LogP contribution < -0.4 is 10.4 Å². The molecule has 1 aliphatic carbocycles. The van der Waals surface area contributed by atoms with Gasteiger partial charge in [-0.2, -0.15) is 0 Å². The molecule has 0 atom stereocenters. The molecule has 182 valence electrons. The van der Waals surface area contributed by atoms with Crippen LogP contribution in [0.5, 0.6) is 5.75 Å². The van der Waals surface area contributed by atoms with E-state index in [1.807, 2.05) is 72.3 Å². The third-order valence-electron chi connectivity index (χ3n) is 6.78. The Kier molecular flexibility index (Phi) is 7.19. The molecule has 4 aromatic rings. The fourth-order valence-corrected chi connectivity index (χ4v) is 5.07. The highest BCUT2D eigenvalue weighted by Crippen LogP contribution is 2.29. The lowest BCUT2D eigenvalue weighted by molar-refractivity contribution is 0.252. The van der Waals surface area contributed by atoms with Gasteiger partial charge in [0.1, 0.15) is 5.75 Å². The van der Waals surface area contributed by atoms with Crippen LogP contribution >= 0.6 is 23.2 Å². The quantitative estimate of drug-likeness (QED) is 0.304. The Morgan fingerprint density at radius 3 is 2.20 bits per heavy atom. The van der Waals surface area contributed by atoms with Crippen LogP contribution in [0.4, 0.5) is 5.69 Å². The van der Waals surface area contributed by atoms with Crippen molar-refractivity contribution in [2.24, 2.45) is 18.0 Å². The molecular weight excluding hydrogens is 481 g/mol. The molecule has 0 saturated heterocycles. The van der Waals surface area contributed by atoms with Gasteiger partial charge in [-0.1, -0.05) is 60.3 Å². The molecule has 1 aliphatic rings. The van der Waals surface area contributed by atoms with E-state index in [0.717, 1.165) is 45.8 Å². The van der Waals surface area contributed by atoms with Gasteiger partial charge in [0.25, 0.3) is 0 Å². The molecule has 0 bridgehead atoms. The summed E-state index contributed by atoms with van der Waals surface area (Å²) < 4.78 is 10.2. The van der Waals surface area contributed by atoms with Crippen LogP contribution in [-0.2, 0) is 20.2 Å². The number of aliphatic hydroxyl groups excluding tert-OH is 1. The first-order valence-electron chi connectivity index (χ1n) is 12.0. The average molecular weight is 510 g/mol. The zero-order valence-corrected chi connectivity index (χ0v) is 21.3. The predicted octanol–water partition coefficient (Wildman–Crippen LogP) is 6.63. The molecule has 1 saturated carbocycles. The van der Waals surface area contributed by atoms with Crippen molar-refractivity contribution in [1.82, 2.24) is 9.13 Å². The number of halogens is 2. The third-order valence-corrected chi connectivity index (χ3v) is 7.51. The van der Waals surface area contributed by atoms with Crippen molar-refractivity contribution in [1.29, 1.82) is 0 Å². The lowest BCUT2D eigenvalue weighted by Gasteiger charge is -2.11. The Balaban J connectivity index is 1.51. The minimum atomic E-state index is 0.0246. The Morgan fingerprint density at radius 2 is 1.54 bits per heavy atom. The SMILES string of the molecule is Cn1/c(=N/c2ccc(OCC3CCCC3)cc2)n(Cc2ccc(CO)cc2)c2cc(Cl)c(Cl)cc21. The summed E-state index contributed by atoms with van der Waals surface area (Å²) in [6.07, 6.45) is 5.17. The molecule has 1 fully saturated rings. The molecule has 1 aromatic heterocycles. The number of imidazole rings is 1. The van der Waals surface area contributed by atoms with E-state index in [1.54, 1.807) is 0 Å². The fraction of sp³-hybridized carbons (Fsp3) is 0.321. The summed E-state index contributed by atoms with van der Waals surface area (Å²) >= 11 is 12.7. The highest BCUT2D eigenvalue weighted by atomic mass is 35.5. The minimum Gasteiger partial charge on any atom is -0.493 e. The van der Waals surface area contributed by atoms with Crippen molar-refractivity contribution in [2.75, 3.05) is 6.61 Å². The number of hydrogen-bond acceptors (Lipinski definition) is 3. The van der Waals surface area contributed by atoms with E-state index in [-0.39, 0.29) is 6.61 Å². The van der Waals surface area contributed by atoms with Gasteiger partial charge in [0.15, 0.2) is 0 Å². The van der Waals surface area contributed by atoms with E-state index in [0.29, 0.717) is 22.5 Å². The van der Waals surface area contributed by atoms with Gasteiger partial charge in [0.05, 0.1) is 46.5 Å². The molecule has 5 rings (SSSR count). The first-order valence-corrected chi connectivity index (χ1v) is 12.8. The van der Waals surface area contributed by atoms with Crippen molar-refractivity contribution in [3.8, 4) is 5.75 Å². The predicted molar refractivity (Wildman–Crippen MR) is 142 cm³/mol. The molecule has 7 heteroatoms. The number of aryl methyl sites for hydroxylation is 1. The molecule has 0 spiro atoms. The van der Waals surface area contributed by atoms with E-state index in [1.165, 1.54) is 25.7 Å². The second-order valence-electron chi connectivity index (χ2n) is 9.24. The number of rotatable bonds is 7. The summed E-state index contributed by atoms with van der Waals surface area (Å²) in [4.78, 5) is 4.99. The van der Waals surface area contributed by atoms with Gasteiger partial charge in [-0.05, 0) is 66.3 Å². The van der Waals surface area contributed by atoms with Gasteiger partial charge in [0.2, 0.25) is 5.62 Å². The van der Waals surface area contributed by atoms with Crippen LogP contribution in [0.3, 0.4) is 0 Å². The third kappa shape index (κ3) is 5.27. The number of ether oxygens (including phenoxy) is 1.